The highest BCUT2D eigenvalue weighted by molar-refractivity contribution is 8.22. The predicted octanol–water partition coefficient (Wildman–Crippen LogP) is 3.24. The fourth-order valence-electron chi connectivity index (χ4n) is 2.10. The molecule has 1 aliphatic heterocycles. The van der Waals surface area contributed by atoms with Crippen molar-refractivity contribution < 1.29 is 14.6 Å². The summed E-state index contributed by atoms with van der Waals surface area (Å²) in [6.45, 7) is 0. The van der Waals surface area contributed by atoms with E-state index in [2.05, 4.69) is 15.8 Å². The quantitative estimate of drug-likeness (QED) is 0.753. The third-order valence-corrected chi connectivity index (χ3v) is 5.02. The summed E-state index contributed by atoms with van der Waals surface area (Å²) < 4.78 is 5.20. The molecule has 1 aliphatic rings. The van der Waals surface area contributed by atoms with Gasteiger partial charge >= 0.3 is 5.97 Å². The minimum Gasteiger partial charge on any atom is -0.496 e. The second-order valence-electron chi connectivity index (χ2n) is 4.20. The summed E-state index contributed by atoms with van der Waals surface area (Å²) in [5, 5.41) is 14.2. The molecule has 4 nitrogen and oxygen atoms in total. The monoisotopic (exact) mass is 275 g/mol. The average Bonchev–Trinajstić information content (AvgIpc) is 3.03. The number of allylic oxidation sites excluding steroid dienone is 1. The summed E-state index contributed by atoms with van der Waals surface area (Å²) in [5.74, 6) is -0.0493. The van der Waals surface area contributed by atoms with Crippen LogP contribution >= 0.6 is 10.9 Å². The Morgan fingerprint density at radius 2 is 2.26 bits per heavy atom. The third kappa shape index (κ3) is 2.02. The van der Waals surface area contributed by atoms with Crippen LogP contribution < -0.4 is 0 Å². The van der Waals surface area contributed by atoms with Gasteiger partial charge in [-0.3, -0.25) is 0 Å². The van der Waals surface area contributed by atoms with Gasteiger partial charge in [0, 0.05) is 27.4 Å². The van der Waals surface area contributed by atoms with E-state index < -0.39 is 16.9 Å². The number of benzene rings is 1. The maximum atomic E-state index is 11.0. The molecular formula is C14H13NO3S. The van der Waals surface area contributed by atoms with Crippen LogP contribution in [-0.2, 0) is 4.74 Å². The lowest BCUT2D eigenvalue weighted by Gasteiger charge is -2.08. The third-order valence-electron chi connectivity index (χ3n) is 3.09. The number of hydrogen-bond acceptors (Lipinski definition) is 2. The van der Waals surface area contributed by atoms with Gasteiger partial charge in [0.2, 0.25) is 0 Å². The van der Waals surface area contributed by atoms with E-state index in [1.165, 1.54) is 0 Å². The van der Waals surface area contributed by atoms with Gasteiger partial charge in [0.1, 0.15) is 5.76 Å². The van der Waals surface area contributed by atoms with Gasteiger partial charge in [-0.15, -0.1) is 0 Å². The van der Waals surface area contributed by atoms with Crippen LogP contribution in [0.2, 0.25) is 0 Å². The van der Waals surface area contributed by atoms with Gasteiger partial charge in [-0.2, -0.15) is 10.9 Å². The zero-order valence-electron chi connectivity index (χ0n) is 10.3. The smallest absolute Gasteiger partial charge is 0.335 e. The molecule has 0 saturated heterocycles. The van der Waals surface area contributed by atoms with Crippen molar-refractivity contribution in [2.45, 2.75) is 4.90 Å². The molecule has 0 radical (unpaired) electrons. The topological polar surface area (TPSA) is 62.3 Å². The number of hydrogen-bond donors (Lipinski definition) is 3. The highest BCUT2D eigenvalue weighted by atomic mass is 32.2. The Bertz CT molecular complexity index is 715. The summed E-state index contributed by atoms with van der Waals surface area (Å²) in [6.07, 6.45) is 3.90. The molecule has 0 saturated carbocycles. The molecule has 0 aliphatic carbocycles. The van der Waals surface area contributed by atoms with E-state index in [4.69, 9.17) is 9.84 Å². The number of carboxylic acid groups (broad SMARTS) is 1. The van der Waals surface area contributed by atoms with Crippen molar-refractivity contribution >= 4 is 27.8 Å². The molecule has 2 heterocycles. The number of aromatic carboxylic acids is 1. The van der Waals surface area contributed by atoms with Crippen LogP contribution in [0.5, 0.6) is 0 Å². The van der Waals surface area contributed by atoms with Gasteiger partial charge in [-0.05, 0) is 29.7 Å². The summed E-state index contributed by atoms with van der Waals surface area (Å²) in [7, 11) is 1.07. The molecule has 0 bridgehead atoms. The van der Waals surface area contributed by atoms with E-state index >= 15 is 0 Å². The molecule has 0 amide bonds. The van der Waals surface area contributed by atoms with Crippen LogP contribution in [0, 0.1) is 0 Å². The van der Waals surface area contributed by atoms with Crippen molar-refractivity contribution in [2.24, 2.45) is 0 Å². The summed E-state index contributed by atoms with van der Waals surface area (Å²) >= 11 is 0. The maximum Gasteiger partial charge on any atom is 0.335 e. The highest BCUT2D eigenvalue weighted by Gasteiger charge is 2.14. The summed E-state index contributed by atoms with van der Waals surface area (Å²) in [5.41, 5.74) is 1.26. The summed E-state index contributed by atoms with van der Waals surface area (Å²) in [4.78, 5) is 15.4. The van der Waals surface area contributed by atoms with Gasteiger partial charge in [-0.25, -0.2) is 4.79 Å². The number of thiol groups is 1. The number of nitrogens with one attached hydrogen (secondary N) is 1. The number of carboxylic acids is 1. The molecule has 3 rings (SSSR count). The lowest BCUT2D eigenvalue weighted by atomic mass is 10.1. The second kappa shape index (κ2) is 4.51. The molecule has 98 valence electrons. The van der Waals surface area contributed by atoms with Gasteiger partial charge < -0.3 is 14.8 Å². The van der Waals surface area contributed by atoms with Gasteiger partial charge in [0.15, 0.2) is 0 Å². The van der Waals surface area contributed by atoms with Crippen LogP contribution in [0.4, 0.5) is 0 Å². The fraction of sp³-hybridized carbons (Fsp3) is 0.0714. The Labute approximate surface area is 112 Å². The number of carbonyl (C=O) groups is 1. The summed E-state index contributed by atoms with van der Waals surface area (Å²) in [6, 6.07) is 5.13. The van der Waals surface area contributed by atoms with Crippen LogP contribution in [-0.4, -0.2) is 23.2 Å². The van der Waals surface area contributed by atoms with Crippen LogP contribution in [0.25, 0.3) is 10.9 Å². The van der Waals surface area contributed by atoms with E-state index in [1.54, 1.807) is 25.3 Å². The van der Waals surface area contributed by atoms with E-state index in [0.29, 0.717) is 5.56 Å². The van der Waals surface area contributed by atoms with Crippen molar-refractivity contribution in [3.63, 3.8) is 0 Å². The zero-order valence-corrected chi connectivity index (χ0v) is 11.1. The number of aromatic amines is 1. The molecule has 19 heavy (non-hydrogen) atoms. The molecule has 5 heteroatoms. The predicted molar refractivity (Wildman–Crippen MR) is 76.7 cm³/mol. The molecule has 1 unspecified atom stereocenters. The van der Waals surface area contributed by atoms with E-state index in [9.17, 15) is 4.79 Å². The Balaban J connectivity index is 2.10. The molecule has 1 aromatic heterocycles. The van der Waals surface area contributed by atoms with Gasteiger partial charge in [0.05, 0.1) is 12.7 Å². The van der Waals surface area contributed by atoms with Crippen LogP contribution in [0.1, 0.15) is 10.4 Å². The van der Waals surface area contributed by atoms with Crippen molar-refractivity contribution in [3.8, 4) is 0 Å². The Morgan fingerprint density at radius 1 is 1.42 bits per heavy atom. The largest absolute Gasteiger partial charge is 0.496 e. The van der Waals surface area contributed by atoms with Crippen molar-refractivity contribution in [3.05, 3.63) is 52.6 Å². The Hall–Kier alpha value is -2.14. The molecule has 1 atom stereocenters. The Kier molecular flexibility index (Phi) is 2.83. The minimum atomic E-state index is -0.906. The zero-order chi connectivity index (χ0) is 13.4. The number of rotatable bonds is 3. The van der Waals surface area contributed by atoms with Gasteiger partial charge in [0.25, 0.3) is 0 Å². The van der Waals surface area contributed by atoms with Crippen molar-refractivity contribution in [1.29, 1.82) is 0 Å². The SMILES string of the molecule is COC1=C[SH](c2c[nH]c3ccc(C(=O)O)cc23)C=C1. The van der Waals surface area contributed by atoms with E-state index in [0.717, 1.165) is 21.6 Å². The molecule has 2 aromatic rings. The van der Waals surface area contributed by atoms with Gasteiger partial charge in [-0.1, -0.05) is 0 Å². The first-order chi connectivity index (χ1) is 9.19. The lowest BCUT2D eigenvalue weighted by molar-refractivity contribution is 0.0697. The molecule has 0 spiro atoms. The first-order valence-electron chi connectivity index (χ1n) is 5.76. The second-order valence-corrected chi connectivity index (χ2v) is 6.05. The standard InChI is InChI=1S/C14H13NO3S/c1-18-10-4-5-19(8-10)13-7-15-12-3-2-9(14(16)17)6-11(12)13/h2-8,15,19H,1H3,(H,16,17). The number of H-pyrrole nitrogens is 1. The molecule has 2 N–H and O–H groups in total. The molecule has 1 aromatic carbocycles. The number of aromatic nitrogens is 1. The highest BCUT2D eigenvalue weighted by Crippen LogP contribution is 2.47. The Morgan fingerprint density at radius 3 is 2.95 bits per heavy atom. The first kappa shape index (κ1) is 11.9. The number of fused-ring (bicyclic) bond motifs is 1. The number of ether oxygens (including phenoxy) is 1. The molecular weight excluding hydrogens is 262 g/mol. The van der Waals surface area contributed by atoms with E-state index in [-0.39, 0.29) is 0 Å². The first-order valence-corrected chi connectivity index (χ1v) is 7.24. The average molecular weight is 275 g/mol. The minimum absolute atomic E-state index is 0.308. The normalized spacial score (nSPS) is 19.6. The maximum absolute atomic E-state index is 11.0. The van der Waals surface area contributed by atoms with Crippen LogP contribution in [0.15, 0.2) is 51.9 Å². The fourth-order valence-corrected chi connectivity index (χ4v) is 3.94. The number of methoxy groups -OCH3 is 1. The van der Waals surface area contributed by atoms with Crippen LogP contribution in [0.3, 0.4) is 0 Å². The molecule has 0 fully saturated rings. The van der Waals surface area contributed by atoms with Crippen molar-refractivity contribution in [2.75, 3.05) is 7.11 Å². The lowest BCUT2D eigenvalue weighted by Crippen LogP contribution is -1.94. The van der Waals surface area contributed by atoms with E-state index in [1.807, 2.05) is 12.3 Å². The van der Waals surface area contributed by atoms with Crippen molar-refractivity contribution in [1.82, 2.24) is 4.98 Å².